The molecule has 0 spiro atoms. The van der Waals surface area contributed by atoms with E-state index >= 15 is 0 Å². The highest BCUT2D eigenvalue weighted by Crippen LogP contribution is 2.33. The number of pyridine rings is 1. The van der Waals surface area contributed by atoms with Crippen molar-refractivity contribution in [3.8, 4) is 11.3 Å². The highest BCUT2D eigenvalue weighted by molar-refractivity contribution is 5.92. The van der Waals surface area contributed by atoms with Crippen LogP contribution in [0.2, 0.25) is 0 Å². The Morgan fingerprint density at radius 3 is 2.58 bits per heavy atom. The minimum absolute atomic E-state index is 0.151. The largest absolute Gasteiger partial charge is 0.490 e. The summed E-state index contributed by atoms with van der Waals surface area (Å²) in [5.41, 5.74) is 5.42. The van der Waals surface area contributed by atoms with Crippen molar-refractivity contribution in [2.24, 2.45) is 7.05 Å². The van der Waals surface area contributed by atoms with Gasteiger partial charge >= 0.3 is 12.1 Å². The minimum atomic E-state index is -5.08. The third kappa shape index (κ3) is 5.29. The normalized spacial score (nSPS) is 12.8. The van der Waals surface area contributed by atoms with Crippen LogP contribution in [0.3, 0.4) is 0 Å². The van der Waals surface area contributed by atoms with E-state index in [4.69, 9.17) is 19.5 Å². The summed E-state index contributed by atoms with van der Waals surface area (Å²) in [7, 11) is 1.99. The second-order valence-electron chi connectivity index (χ2n) is 8.14. The number of hydrogen-bond donors (Lipinski definition) is 1. The van der Waals surface area contributed by atoms with E-state index < -0.39 is 12.1 Å². The Kier molecular flexibility index (Phi) is 6.64. The van der Waals surface area contributed by atoms with E-state index in [1.165, 1.54) is 0 Å². The van der Waals surface area contributed by atoms with Gasteiger partial charge in [-0.25, -0.2) is 4.79 Å². The Labute approximate surface area is 202 Å². The first kappa shape index (κ1) is 24.7. The molecule has 13 heteroatoms. The van der Waals surface area contributed by atoms with Gasteiger partial charge in [-0.05, 0) is 24.6 Å². The van der Waals surface area contributed by atoms with Crippen molar-refractivity contribution < 1.29 is 32.4 Å². The van der Waals surface area contributed by atoms with Crippen LogP contribution in [0.5, 0.6) is 0 Å². The Balaban J connectivity index is 0.000000384. The molecule has 1 aliphatic heterocycles. The lowest BCUT2D eigenvalue weighted by atomic mass is 10.1. The average Bonchev–Trinajstić information content (AvgIpc) is 3.50. The number of amides is 1. The Hall–Kier alpha value is -4.42. The third-order valence-corrected chi connectivity index (χ3v) is 5.44. The van der Waals surface area contributed by atoms with E-state index in [0.29, 0.717) is 31.1 Å². The van der Waals surface area contributed by atoms with Crippen molar-refractivity contribution in [1.82, 2.24) is 29.4 Å². The van der Waals surface area contributed by atoms with Gasteiger partial charge in [-0.15, -0.1) is 0 Å². The number of aromatic nitrogens is 5. The molecule has 0 fully saturated rings. The highest BCUT2D eigenvalue weighted by atomic mass is 19.4. The van der Waals surface area contributed by atoms with Gasteiger partial charge in [0.05, 0.1) is 25.3 Å². The number of halogens is 3. The summed E-state index contributed by atoms with van der Waals surface area (Å²) in [6, 6.07) is 7.67. The summed E-state index contributed by atoms with van der Waals surface area (Å²) in [6.45, 7) is 3.35. The number of hydrogen-bond acceptors (Lipinski definition) is 6. The molecule has 0 unspecified atom stereocenters. The molecule has 1 N–H and O–H groups in total. The molecule has 0 saturated carbocycles. The van der Waals surface area contributed by atoms with Gasteiger partial charge in [0.1, 0.15) is 5.76 Å². The SMILES string of the molecule is Cc1cc(C(=O)N2Cc3cn(Cc4cccnc4)nc3-c3ccn(C)c3C2)no1.O=C(O)C(F)(F)F. The van der Waals surface area contributed by atoms with Crippen LogP contribution in [0.4, 0.5) is 13.2 Å². The van der Waals surface area contributed by atoms with Gasteiger partial charge in [0.25, 0.3) is 5.91 Å². The van der Waals surface area contributed by atoms with Crippen LogP contribution in [0.15, 0.2) is 53.6 Å². The number of carboxylic acids is 1. The molecule has 5 rings (SSSR count). The van der Waals surface area contributed by atoms with Crippen LogP contribution in [0.1, 0.15) is 33.1 Å². The van der Waals surface area contributed by atoms with Crippen LogP contribution in [-0.4, -0.2) is 52.5 Å². The molecule has 10 nitrogen and oxygen atoms in total. The Morgan fingerprint density at radius 2 is 1.97 bits per heavy atom. The number of carbonyl (C=O) groups excluding carboxylic acids is 1. The van der Waals surface area contributed by atoms with Crippen molar-refractivity contribution in [2.45, 2.75) is 32.7 Å². The lowest BCUT2D eigenvalue weighted by molar-refractivity contribution is -0.192. The van der Waals surface area contributed by atoms with E-state index in [9.17, 15) is 18.0 Å². The molecule has 188 valence electrons. The lowest BCUT2D eigenvalue weighted by Gasteiger charge is -2.20. The summed E-state index contributed by atoms with van der Waals surface area (Å²) in [5.74, 6) is -2.29. The second kappa shape index (κ2) is 9.68. The lowest BCUT2D eigenvalue weighted by Crippen LogP contribution is -2.30. The topological polar surface area (TPSA) is 119 Å². The van der Waals surface area contributed by atoms with Gasteiger partial charge in [-0.2, -0.15) is 18.3 Å². The molecule has 36 heavy (non-hydrogen) atoms. The zero-order chi connectivity index (χ0) is 26.0. The molecule has 0 atom stereocenters. The Morgan fingerprint density at radius 1 is 1.22 bits per heavy atom. The summed E-state index contributed by atoms with van der Waals surface area (Å²) >= 11 is 0. The van der Waals surface area contributed by atoms with Gasteiger partial charge in [-0.1, -0.05) is 11.2 Å². The van der Waals surface area contributed by atoms with Crippen molar-refractivity contribution in [3.63, 3.8) is 0 Å². The predicted molar refractivity (Wildman–Crippen MR) is 118 cm³/mol. The predicted octanol–water partition coefficient (Wildman–Crippen LogP) is 3.42. The van der Waals surface area contributed by atoms with E-state index in [1.807, 2.05) is 47.0 Å². The molecule has 0 aliphatic carbocycles. The van der Waals surface area contributed by atoms with E-state index in [1.54, 1.807) is 24.1 Å². The first-order valence-corrected chi connectivity index (χ1v) is 10.7. The molecule has 0 aromatic carbocycles. The summed E-state index contributed by atoms with van der Waals surface area (Å²) in [4.78, 5) is 27.9. The summed E-state index contributed by atoms with van der Waals surface area (Å²) in [5, 5.41) is 15.9. The standard InChI is InChI=1S/C21H20N6O2.C2HF3O2/c1-14-8-18(24-29-14)21(28)26-11-16-12-27(10-15-4-3-6-22-9-15)23-20(16)17-5-7-25(2)19(17)13-26;3-2(4,5)1(6)7/h3-9,12H,10-11,13H2,1-2H3;(H,6,7). The van der Waals surface area contributed by atoms with Gasteiger partial charge in [0.15, 0.2) is 5.69 Å². The second-order valence-corrected chi connectivity index (χ2v) is 8.14. The zero-order valence-electron chi connectivity index (χ0n) is 19.2. The number of fused-ring (bicyclic) bond motifs is 3. The number of alkyl halides is 3. The van der Waals surface area contributed by atoms with E-state index in [2.05, 4.69) is 16.2 Å². The number of aliphatic carboxylic acids is 1. The molecular formula is C23H21F3N6O4. The maximum atomic E-state index is 13.1. The van der Waals surface area contributed by atoms with Crippen molar-refractivity contribution in [2.75, 3.05) is 0 Å². The first-order chi connectivity index (χ1) is 17.0. The van der Waals surface area contributed by atoms with Crippen LogP contribution < -0.4 is 0 Å². The number of carbonyl (C=O) groups is 2. The molecule has 1 aliphatic rings. The third-order valence-electron chi connectivity index (χ3n) is 5.44. The number of aryl methyl sites for hydroxylation is 2. The molecular weight excluding hydrogens is 481 g/mol. The van der Waals surface area contributed by atoms with Crippen LogP contribution in [0.25, 0.3) is 11.3 Å². The Bertz CT molecular complexity index is 1390. The monoisotopic (exact) mass is 502 g/mol. The quantitative estimate of drug-likeness (QED) is 0.456. The minimum Gasteiger partial charge on any atom is -0.475 e. The highest BCUT2D eigenvalue weighted by Gasteiger charge is 2.38. The first-order valence-electron chi connectivity index (χ1n) is 10.7. The molecule has 1 amide bonds. The van der Waals surface area contributed by atoms with E-state index in [-0.39, 0.29) is 5.91 Å². The number of carboxylic acid groups (broad SMARTS) is 1. The molecule has 0 saturated heterocycles. The fraction of sp³-hybridized carbons (Fsp3) is 0.261. The number of rotatable bonds is 3. The fourth-order valence-electron chi connectivity index (χ4n) is 3.75. The van der Waals surface area contributed by atoms with Gasteiger partial charge in [-0.3, -0.25) is 14.5 Å². The molecule has 0 bridgehead atoms. The summed E-state index contributed by atoms with van der Waals surface area (Å²) in [6.07, 6.45) is 2.53. The zero-order valence-corrected chi connectivity index (χ0v) is 19.2. The molecule has 4 aromatic heterocycles. The van der Waals surface area contributed by atoms with Gasteiger partial charge in [0, 0.05) is 54.7 Å². The van der Waals surface area contributed by atoms with Gasteiger partial charge < -0.3 is 19.1 Å². The molecule has 0 radical (unpaired) electrons. The number of nitrogens with zero attached hydrogens (tertiary/aromatic N) is 6. The van der Waals surface area contributed by atoms with Crippen molar-refractivity contribution in [3.05, 3.63) is 77.3 Å². The maximum Gasteiger partial charge on any atom is 0.490 e. The average molecular weight is 502 g/mol. The van der Waals surface area contributed by atoms with Crippen LogP contribution >= 0.6 is 0 Å². The summed E-state index contributed by atoms with van der Waals surface area (Å²) < 4.78 is 40.8. The van der Waals surface area contributed by atoms with Crippen molar-refractivity contribution in [1.29, 1.82) is 0 Å². The molecule has 4 aromatic rings. The molecule has 5 heterocycles. The van der Waals surface area contributed by atoms with E-state index in [0.717, 1.165) is 28.1 Å². The smallest absolute Gasteiger partial charge is 0.475 e. The maximum absolute atomic E-state index is 13.1. The fourth-order valence-corrected chi connectivity index (χ4v) is 3.75. The van der Waals surface area contributed by atoms with Gasteiger partial charge in [0.2, 0.25) is 0 Å². The van der Waals surface area contributed by atoms with Crippen LogP contribution in [0, 0.1) is 6.92 Å². The van der Waals surface area contributed by atoms with Crippen molar-refractivity contribution >= 4 is 11.9 Å². The van der Waals surface area contributed by atoms with Crippen LogP contribution in [-0.2, 0) is 31.5 Å².